The number of nitrogens with one attached hydrogen (secondary N) is 1. The fourth-order valence-corrected chi connectivity index (χ4v) is 4.49. The van der Waals surface area contributed by atoms with Gasteiger partial charge in [-0.05, 0) is 47.4 Å². The van der Waals surface area contributed by atoms with Crippen LogP contribution in [0, 0.1) is 5.92 Å². The number of benzene rings is 3. The Balaban J connectivity index is 1.72. The van der Waals surface area contributed by atoms with Gasteiger partial charge in [-0.3, -0.25) is 14.2 Å². The van der Waals surface area contributed by atoms with Crippen molar-refractivity contribution in [2.45, 2.75) is 26.9 Å². The van der Waals surface area contributed by atoms with Crippen LogP contribution in [-0.2, 0) is 13.1 Å². The van der Waals surface area contributed by atoms with Crippen molar-refractivity contribution in [2.24, 2.45) is 5.92 Å². The van der Waals surface area contributed by atoms with Gasteiger partial charge in [0.25, 0.3) is 11.5 Å². The average Bonchev–Trinajstić information content (AvgIpc) is 3.21. The topological polar surface area (TPSA) is 90.4 Å². The van der Waals surface area contributed by atoms with Gasteiger partial charge in [-0.1, -0.05) is 67.9 Å². The Bertz CT molecular complexity index is 1730. The molecule has 0 atom stereocenters. The highest BCUT2D eigenvalue weighted by Crippen LogP contribution is 2.16. The summed E-state index contributed by atoms with van der Waals surface area (Å²) in [4.78, 5) is 40.1. The van der Waals surface area contributed by atoms with Crippen molar-refractivity contribution in [1.82, 2.24) is 24.1 Å². The van der Waals surface area contributed by atoms with Gasteiger partial charge in [0, 0.05) is 17.1 Å². The normalized spacial score (nSPS) is 11.5. The molecule has 0 bridgehead atoms. The highest BCUT2D eigenvalue weighted by Gasteiger charge is 2.19. The van der Waals surface area contributed by atoms with Gasteiger partial charge >= 0.3 is 5.69 Å². The van der Waals surface area contributed by atoms with E-state index in [9.17, 15) is 14.4 Å². The van der Waals surface area contributed by atoms with E-state index in [0.29, 0.717) is 28.0 Å². The summed E-state index contributed by atoms with van der Waals surface area (Å²) >= 11 is 6.14. The molecule has 2 heterocycles. The maximum atomic E-state index is 13.7. The molecule has 2 aromatic heterocycles. The van der Waals surface area contributed by atoms with Crippen LogP contribution in [0.5, 0.6) is 0 Å². The van der Waals surface area contributed by atoms with E-state index in [0.717, 1.165) is 11.1 Å². The summed E-state index contributed by atoms with van der Waals surface area (Å²) in [6.45, 7) is 4.95. The molecule has 8 nitrogen and oxygen atoms in total. The molecule has 0 aliphatic heterocycles. The molecule has 5 rings (SSSR count). The van der Waals surface area contributed by atoms with Gasteiger partial charge in [-0.2, -0.15) is 0 Å². The van der Waals surface area contributed by atoms with Gasteiger partial charge in [0.15, 0.2) is 0 Å². The number of hydrogen-bond acceptors (Lipinski definition) is 4. The Labute approximate surface area is 217 Å². The number of aromatic nitrogens is 4. The minimum atomic E-state index is -0.415. The van der Waals surface area contributed by atoms with E-state index in [1.807, 2.05) is 50.2 Å². The Hall–Kier alpha value is -4.17. The number of hydrogen-bond donors (Lipinski definition) is 1. The van der Waals surface area contributed by atoms with Crippen molar-refractivity contribution in [3.8, 4) is 0 Å². The molecule has 1 N–H and O–H groups in total. The summed E-state index contributed by atoms with van der Waals surface area (Å²) in [5.41, 5.74) is 1.69. The van der Waals surface area contributed by atoms with Crippen LogP contribution in [0.4, 0.5) is 0 Å². The molecule has 0 radical (unpaired) electrons. The third-order valence-corrected chi connectivity index (χ3v) is 6.35. The summed E-state index contributed by atoms with van der Waals surface area (Å²) in [5, 5.41) is 8.33. The van der Waals surface area contributed by atoms with Gasteiger partial charge in [-0.25, -0.2) is 13.9 Å². The second-order valence-electron chi connectivity index (χ2n) is 9.42. The first-order valence-corrected chi connectivity index (χ1v) is 12.4. The third kappa shape index (κ3) is 4.93. The number of halogens is 1. The number of carbonyl (C=O) groups excluding carboxylic acids is 1. The third-order valence-electron chi connectivity index (χ3n) is 6.12. The van der Waals surface area contributed by atoms with Gasteiger partial charge in [-0.15, -0.1) is 5.10 Å². The van der Waals surface area contributed by atoms with E-state index in [1.54, 1.807) is 36.4 Å². The van der Waals surface area contributed by atoms with Crippen LogP contribution in [0.15, 0.2) is 82.4 Å². The van der Waals surface area contributed by atoms with Gasteiger partial charge in [0.2, 0.25) is 5.78 Å². The quantitative estimate of drug-likeness (QED) is 0.355. The maximum absolute atomic E-state index is 13.7. The lowest BCUT2D eigenvalue weighted by atomic mass is 10.1. The first kappa shape index (κ1) is 24.5. The fraction of sp³-hybridized carbons (Fsp3) is 0.214. The average molecular weight is 516 g/mol. The number of fused-ring (bicyclic) bond motifs is 3. The van der Waals surface area contributed by atoms with Gasteiger partial charge < -0.3 is 5.32 Å². The summed E-state index contributed by atoms with van der Waals surface area (Å²) < 4.78 is 4.21. The summed E-state index contributed by atoms with van der Waals surface area (Å²) in [7, 11) is 0. The molecule has 9 heteroatoms. The molecular formula is C28H26ClN5O3. The van der Waals surface area contributed by atoms with E-state index in [2.05, 4.69) is 10.4 Å². The molecule has 1 amide bonds. The van der Waals surface area contributed by atoms with Crippen molar-refractivity contribution in [3.05, 3.63) is 115 Å². The van der Waals surface area contributed by atoms with Crippen molar-refractivity contribution in [1.29, 1.82) is 0 Å². The second-order valence-corrected chi connectivity index (χ2v) is 9.85. The van der Waals surface area contributed by atoms with Crippen LogP contribution in [0.3, 0.4) is 0 Å². The Morgan fingerprint density at radius 1 is 0.946 bits per heavy atom. The standard InChI is InChI=1S/C28H26ClN5O3/c1-18(2)15-30-25(35)21-11-12-23-24(14-21)34-27(32(26(23)36)16-19-7-4-3-5-8-19)31-33(28(34)37)17-20-9-6-10-22(29)13-20/h3-14,18H,15-17H2,1-2H3,(H,30,35). The molecule has 188 valence electrons. The van der Waals surface area contributed by atoms with Crippen molar-refractivity contribution < 1.29 is 4.79 Å². The fourth-order valence-electron chi connectivity index (χ4n) is 4.28. The zero-order valence-corrected chi connectivity index (χ0v) is 21.3. The van der Waals surface area contributed by atoms with Crippen LogP contribution in [0.1, 0.15) is 35.3 Å². The van der Waals surface area contributed by atoms with Crippen LogP contribution in [0.25, 0.3) is 16.7 Å². The largest absolute Gasteiger partial charge is 0.352 e. The maximum Gasteiger partial charge on any atom is 0.352 e. The SMILES string of the molecule is CC(C)CNC(=O)c1ccc2c(=O)n(Cc3ccccc3)c3nn(Cc4cccc(Cl)c4)c(=O)n3c2c1. The van der Waals surface area contributed by atoms with Crippen molar-refractivity contribution in [2.75, 3.05) is 6.54 Å². The molecule has 0 saturated heterocycles. The molecule has 3 aromatic carbocycles. The summed E-state index contributed by atoms with van der Waals surface area (Å²) in [5.74, 6) is 0.221. The van der Waals surface area contributed by atoms with E-state index < -0.39 is 5.69 Å². The lowest BCUT2D eigenvalue weighted by Crippen LogP contribution is -2.29. The summed E-state index contributed by atoms with van der Waals surface area (Å²) in [6, 6.07) is 21.5. The first-order chi connectivity index (χ1) is 17.8. The van der Waals surface area contributed by atoms with Crippen LogP contribution >= 0.6 is 11.6 Å². The molecule has 0 unspecified atom stereocenters. The number of amides is 1. The lowest BCUT2D eigenvalue weighted by molar-refractivity contribution is 0.0949. The minimum absolute atomic E-state index is 0.177. The molecule has 0 spiro atoms. The van der Waals surface area contributed by atoms with Crippen molar-refractivity contribution in [3.63, 3.8) is 0 Å². The molecule has 5 aromatic rings. The molecule has 0 aliphatic carbocycles. The first-order valence-electron chi connectivity index (χ1n) is 12.0. The predicted octanol–water partition coefficient (Wildman–Crippen LogP) is 3.95. The molecule has 0 fully saturated rings. The smallest absolute Gasteiger partial charge is 0.352 e. The van der Waals surface area contributed by atoms with Gasteiger partial charge in [0.05, 0.1) is 24.0 Å². The Morgan fingerprint density at radius 2 is 1.70 bits per heavy atom. The second kappa shape index (κ2) is 10.1. The van der Waals surface area contributed by atoms with Crippen LogP contribution < -0.4 is 16.6 Å². The molecular weight excluding hydrogens is 490 g/mol. The molecule has 0 aliphatic rings. The minimum Gasteiger partial charge on any atom is -0.352 e. The lowest BCUT2D eigenvalue weighted by Gasteiger charge is -2.11. The van der Waals surface area contributed by atoms with Gasteiger partial charge in [0.1, 0.15) is 0 Å². The van der Waals surface area contributed by atoms with Crippen molar-refractivity contribution >= 4 is 34.2 Å². The predicted molar refractivity (Wildman–Crippen MR) is 144 cm³/mol. The van der Waals surface area contributed by atoms with E-state index in [4.69, 9.17) is 11.6 Å². The van der Waals surface area contributed by atoms with E-state index in [1.165, 1.54) is 13.6 Å². The highest BCUT2D eigenvalue weighted by atomic mass is 35.5. The zero-order valence-electron chi connectivity index (χ0n) is 20.5. The van der Waals surface area contributed by atoms with Crippen LogP contribution in [0.2, 0.25) is 5.02 Å². The van der Waals surface area contributed by atoms with E-state index >= 15 is 0 Å². The number of nitrogens with zero attached hydrogens (tertiary/aromatic N) is 4. The molecule has 37 heavy (non-hydrogen) atoms. The Kier molecular flexibility index (Phi) is 6.67. The monoisotopic (exact) mass is 515 g/mol. The molecule has 0 saturated carbocycles. The van der Waals surface area contributed by atoms with E-state index in [-0.39, 0.29) is 36.3 Å². The zero-order chi connectivity index (χ0) is 26.1. The number of rotatable bonds is 7. The van der Waals surface area contributed by atoms with Crippen LogP contribution in [-0.4, -0.2) is 31.2 Å². The highest BCUT2D eigenvalue weighted by molar-refractivity contribution is 6.30. The Morgan fingerprint density at radius 3 is 2.43 bits per heavy atom. The summed E-state index contributed by atoms with van der Waals surface area (Å²) in [6.07, 6.45) is 0. The number of carbonyl (C=O) groups is 1.